The Bertz CT molecular complexity index is 405. The predicted molar refractivity (Wildman–Crippen MR) is 69.2 cm³/mol. The van der Waals surface area contributed by atoms with E-state index in [0.717, 1.165) is 0 Å². The molecule has 1 rings (SSSR count). The molecule has 19 heavy (non-hydrogen) atoms. The lowest BCUT2D eigenvalue weighted by Gasteiger charge is -2.28. The highest BCUT2D eigenvalue weighted by Gasteiger charge is 2.45. The molecule has 0 aromatic rings. The average Bonchev–Trinajstić information content (AvgIpc) is 2.55. The van der Waals surface area contributed by atoms with Crippen LogP contribution in [0.1, 0.15) is 33.6 Å². The molecule has 108 valence electrons. The zero-order valence-electron chi connectivity index (χ0n) is 12.2. The number of hydrogen-bond acceptors (Lipinski definition) is 5. The van der Waals surface area contributed by atoms with E-state index in [9.17, 15) is 14.4 Å². The maximum absolute atomic E-state index is 12.1. The van der Waals surface area contributed by atoms with Crippen molar-refractivity contribution >= 4 is 17.8 Å². The number of imide groups is 1. The number of carbonyl (C=O) groups is 3. The van der Waals surface area contributed by atoms with Crippen LogP contribution in [0.2, 0.25) is 0 Å². The summed E-state index contributed by atoms with van der Waals surface area (Å²) in [6.07, 6.45) is 0.546. The van der Waals surface area contributed by atoms with Gasteiger partial charge in [-0.2, -0.15) is 0 Å². The highest BCUT2D eigenvalue weighted by Crippen LogP contribution is 2.32. The lowest BCUT2D eigenvalue weighted by molar-refractivity contribution is -0.150. The van der Waals surface area contributed by atoms with Crippen LogP contribution in [0.4, 0.5) is 0 Å². The van der Waals surface area contributed by atoms with Gasteiger partial charge < -0.3 is 10.1 Å². The van der Waals surface area contributed by atoms with E-state index < -0.39 is 16.9 Å². The first-order chi connectivity index (χ1) is 8.68. The minimum absolute atomic E-state index is 0.180. The zero-order chi connectivity index (χ0) is 14.8. The molecule has 0 bridgehead atoms. The molecule has 1 heterocycles. The third-order valence-corrected chi connectivity index (χ3v) is 3.74. The Morgan fingerprint density at radius 2 is 2.05 bits per heavy atom. The highest BCUT2D eigenvalue weighted by atomic mass is 16.5. The molecule has 1 saturated heterocycles. The van der Waals surface area contributed by atoms with E-state index in [1.807, 2.05) is 0 Å². The van der Waals surface area contributed by atoms with E-state index in [4.69, 9.17) is 4.74 Å². The SMILES string of the molecule is CNC(C)(CCN1C(=O)CC(C)(C)C1=O)C(=O)OC. The van der Waals surface area contributed by atoms with Gasteiger partial charge >= 0.3 is 5.97 Å². The molecule has 6 nitrogen and oxygen atoms in total. The van der Waals surface area contributed by atoms with Crippen molar-refractivity contribution in [1.29, 1.82) is 0 Å². The molecule has 0 radical (unpaired) electrons. The normalized spacial score (nSPS) is 21.4. The molecule has 2 amide bonds. The van der Waals surface area contributed by atoms with E-state index in [2.05, 4.69) is 5.32 Å². The Balaban J connectivity index is 2.74. The van der Waals surface area contributed by atoms with Crippen molar-refractivity contribution in [3.63, 3.8) is 0 Å². The number of nitrogens with one attached hydrogen (secondary N) is 1. The number of methoxy groups -OCH3 is 1. The smallest absolute Gasteiger partial charge is 0.325 e. The van der Waals surface area contributed by atoms with Crippen molar-refractivity contribution in [1.82, 2.24) is 10.2 Å². The Morgan fingerprint density at radius 1 is 1.47 bits per heavy atom. The number of nitrogens with zero attached hydrogens (tertiary/aromatic N) is 1. The van der Waals surface area contributed by atoms with Gasteiger partial charge in [0.1, 0.15) is 5.54 Å². The van der Waals surface area contributed by atoms with Crippen molar-refractivity contribution < 1.29 is 19.1 Å². The molecule has 1 N–H and O–H groups in total. The van der Waals surface area contributed by atoms with E-state index in [1.165, 1.54) is 12.0 Å². The summed E-state index contributed by atoms with van der Waals surface area (Å²) in [5.41, 5.74) is -1.54. The largest absolute Gasteiger partial charge is 0.468 e. The summed E-state index contributed by atoms with van der Waals surface area (Å²) in [7, 11) is 2.96. The molecule has 1 aliphatic rings. The first kappa shape index (κ1) is 15.6. The van der Waals surface area contributed by atoms with Gasteiger partial charge in [-0.15, -0.1) is 0 Å². The van der Waals surface area contributed by atoms with E-state index in [0.29, 0.717) is 6.42 Å². The number of esters is 1. The first-order valence-corrected chi connectivity index (χ1v) is 6.30. The van der Waals surface area contributed by atoms with Gasteiger partial charge in [-0.1, -0.05) is 13.8 Å². The van der Waals surface area contributed by atoms with Crippen molar-refractivity contribution in [2.24, 2.45) is 5.41 Å². The fourth-order valence-corrected chi connectivity index (χ4v) is 2.14. The van der Waals surface area contributed by atoms with Gasteiger partial charge in [0.2, 0.25) is 11.8 Å². The Morgan fingerprint density at radius 3 is 2.42 bits per heavy atom. The molecule has 0 spiro atoms. The summed E-state index contributed by atoms with van der Waals surface area (Å²) >= 11 is 0. The van der Waals surface area contributed by atoms with Gasteiger partial charge in [-0.3, -0.25) is 19.3 Å². The van der Waals surface area contributed by atoms with E-state index in [1.54, 1.807) is 27.8 Å². The van der Waals surface area contributed by atoms with Gasteiger partial charge in [-0.25, -0.2) is 0 Å². The van der Waals surface area contributed by atoms with E-state index >= 15 is 0 Å². The quantitative estimate of drug-likeness (QED) is 0.575. The number of rotatable bonds is 5. The topological polar surface area (TPSA) is 75.7 Å². The van der Waals surface area contributed by atoms with Crippen LogP contribution in [0.5, 0.6) is 0 Å². The van der Waals surface area contributed by atoms with Gasteiger partial charge in [0.25, 0.3) is 0 Å². The van der Waals surface area contributed by atoms with Crippen LogP contribution in [-0.2, 0) is 19.1 Å². The van der Waals surface area contributed by atoms with Crippen molar-refractivity contribution in [3.05, 3.63) is 0 Å². The standard InChI is InChI=1S/C13H22N2O4/c1-12(2)8-9(16)15(10(12)17)7-6-13(3,14-4)11(18)19-5/h14H,6-8H2,1-5H3. The predicted octanol–water partition coefficient (Wildman–Crippen LogP) is 0.313. The third-order valence-electron chi connectivity index (χ3n) is 3.74. The van der Waals surface area contributed by atoms with Gasteiger partial charge in [0.15, 0.2) is 0 Å². The summed E-state index contributed by atoms with van der Waals surface area (Å²) in [6, 6.07) is 0. The molecule has 1 fully saturated rings. The molecule has 0 aliphatic carbocycles. The summed E-state index contributed by atoms with van der Waals surface area (Å²) < 4.78 is 4.73. The second kappa shape index (κ2) is 5.28. The highest BCUT2D eigenvalue weighted by molar-refractivity contribution is 6.05. The Labute approximate surface area is 113 Å². The van der Waals surface area contributed by atoms with Crippen LogP contribution >= 0.6 is 0 Å². The van der Waals surface area contributed by atoms with Crippen LogP contribution in [0.15, 0.2) is 0 Å². The molecule has 1 atom stereocenters. The zero-order valence-corrected chi connectivity index (χ0v) is 12.2. The molecule has 1 aliphatic heterocycles. The summed E-state index contributed by atoms with van der Waals surface area (Å²) in [6.45, 7) is 5.41. The maximum Gasteiger partial charge on any atom is 0.325 e. The summed E-state index contributed by atoms with van der Waals surface area (Å²) in [4.78, 5) is 36.8. The van der Waals surface area contributed by atoms with Crippen LogP contribution in [0.3, 0.4) is 0 Å². The first-order valence-electron chi connectivity index (χ1n) is 6.30. The lowest BCUT2D eigenvalue weighted by Crippen LogP contribution is -2.51. The van der Waals surface area contributed by atoms with E-state index in [-0.39, 0.29) is 24.8 Å². The van der Waals surface area contributed by atoms with Crippen LogP contribution in [0, 0.1) is 5.41 Å². The second-order valence-electron chi connectivity index (χ2n) is 5.73. The fourth-order valence-electron chi connectivity index (χ4n) is 2.14. The molecule has 0 aromatic carbocycles. The van der Waals surface area contributed by atoms with Gasteiger partial charge in [0.05, 0.1) is 12.5 Å². The number of likely N-dealkylation sites (tertiary alicyclic amines) is 1. The monoisotopic (exact) mass is 270 g/mol. The van der Waals surface area contributed by atoms with Crippen molar-refractivity contribution in [3.8, 4) is 0 Å². The number of hydrogen-bond donors (Lipinski definition) is 1. The van der Waals surface area contributed by atoms with Crippen molar-refractivity contribution in [2.45, 2.75) is 39.2 Å². The lowest BCUT2D eigenvalue weighted by atomic mass is 9.92. The summed E-state index contributed by atoms with van der Waals surface area (Å²) in [5.74, 6) is -0.771. The molecule has 0 aromatic heterocycles. The number of ether oxygens (including phenoxy) is 1. The average molecular weight is 270 g/mol. The van der Waals surface area contributed by atoms with Crippen LogP contribution in [-0.4, -0.2) is 48.9 Å². The van der Waals surface area contributed by atoms with Crippen LogP contribution in [0.25, 0.3) is 0 Å². The third kappa shape index (κ3) is 2.94. The Kier molecular flexibility index (Phi) is 4.35. The summed E-state index contributed by atoms with van der Waals surface area (Å²) in [5, 5.41) is 2.88. The van der Waals surface area contributed by atoms with Gasteiger partial charge in [0, 0.05) is 13.0 Å². The number of likely N-dealkylation sites (N-methyl/N-ethyl adjacent to an activating group) is 1. The molecule has 1 unspecified atom stereocenters. The molecular formula is C13H22N2O4. The molecule has 0 saturated carbocycles. The number of carbonyl (C=O) groups excluding carboxylic acids is 3. The minimum Gasteiger partial charge on any atom is -0.468 e. The van der Waals surface area contributed by atoms with Crippen LogP contribution < -0.4 is 5.32 Å². The molecule has 6 heteroatoms. The fraction of sp³-hybridized carbons (Fsp3) is 0.769. The van der Waals surface area contributed by atoms with Crippen molar-refractivity contribution in [2.75, 3.05) is 20.7 Å². The number of amides is 2. The molecular weight excluding hydrogens is 248 g/mol. The Hall–Kier alpha value is -1.43. The van der Waals surface area contributed by atoms with Gasteiger partial charge in [-0.05, 0) is 20.4 Å². The second-order valence-corrected chi connectivity index (χ2v) is 5.73. The minimum atomic E-state index is -0.901. The maximum atomic E-state index is 12.1.